The largest absolute Gasteiger partial charge is 0.398 e. The van der Waals surface area contributed by atoms with Gasteiger partial charge in [0.15, 0.2) is 0 Å². The Morgan fingerprint density at radius 3 is 2.75 bits per heavy atom. The number of benzene rings is 1. The standard InChI is InChI=1S/C13H13ClN2/c1-7-4-9-11(15)6-12(8-2-3-8)16-13(9)5-10(7)14/h4-6,8H,2-3H2,1H3,(H2,15,16). The van der Waals surface area contributed by atoms with Crippen molar-refractivity contribution in [1.82, 2.24) is 4.98 Å². The first kappa shape index (κ1) is 9.91. The van der Waals surface area contributed by atoms with Crippen LogP contribution < -0.4 is 5.73 Å². The van der Waals surface area contributed by atoms with E-state index in [2.05, 4.69) is 4.98 Å². The van der Waals surface area contributed by atoms with Crippen LogP contribution >= 0.6 is 11.6 Å². The van der Waals surface area contributed by atoms with Gasteiger partial charge in [-0.2, -0.15) is 0 Å². The number of nitrogen functional groups attached to an aromatic ring is 1. The minimum Gasteiger partial charge on any atom is -0.398 e. The van der Waals surface area contributed by atoms with Gasteiger partial charge in [-0.15, -0.1) is 0 Å². The summed E-state index contributed by atoms with van der Waals surface area (Å²) in [5.74, 6) is 0.617. The lowest BCUT2D eigenvalue weighted by atomic mass is 10.1. The van der Waals surface area contributed by atoms with Gasteiger partial charge in [-0.25, -0.2) is 0 Å². The van der Waals surface area contributed by atoms with Crippen LogP contribution in [0.3, 0.4) is 0 Å². The highest BCUT2D eigenvalue weighted by Gasteiger charge is 2.25. The molecule has 3 heteroatoms. The highest BCUT2D eigenvalue weighted by Crippen LogP contribution is 2.41. The second-order valence-corrected chi connectivity index (χ2v) is 4.94. The van der Waals surface area contributed by atoms with E-state index in [1.165, 1.54) is 12.8 Å². The molecule has 2 nitrogen and oxygen atoms in total. The van der Waals surface area contributed by atoms with Crippen molar-refractivity contribution in [2.45, 2.75) is 25.7 Å². The van der Waals surface area contributed by atoms with Crippen LogP contribution in [0.15, 0.2) is 18.2 Å². The van der Waals surface area contributed by atoms with Crippen molar-refractivity contribution < 1.29 is 0 Å². The van der Waals surface area contributed by atoms with Crippen molar-refractivity contribution >= 4 is 28.2 Å². The van der Waals surface area contributed by atoms with Gasteiger partial charge in [0.1, 0.15) is 0 Å². The highest BCUT2D eigenvalue weighted by atomic mass is 35.5. The monoisotopic (exact) mass is 232 g/mol. The van der Waals surface area contributed by atoms with E-state index in [4.69, 9.17) is 17.3 Å². The Morgan fingerprint density at radius 1 is 1.31 bits per heavy atom. The Bertz CT molecular complexity index is 574. The summed E-state index contributed by atoms with van der Waals surface area (Å²) in [6.07, 6.45) is 2.47. The summed E-state index contributed by atoms with van der Waals surface area (Å²) in [5, 5.41) is 1.76. The van der Waals surface area contributed by atoms with Gasteiger partial charge < -0.3 is 5.73 Å². The zero-order chi connectivity index (χ0) is 11.3. The summed E-state index contributed by atoms with van der Waals surface area (Å²) in [6, 6.07) is 5.93. The fraction of sp³-hybridized carbons (Fsp3) is 0.308. The summed E-state index contributed by atoms with van der Waals surface area (Å²) in [6.45, 7) is 1.98. The Labute approximate surface area is 99.4 Å². The maximum Gasteiger partial charge on any atom is 0.0741 e. The maximum absolute atomic E-state index is 6.11. The number of anilines is 1. The molecule has 0 unspecified atom stereocenters. The minimum atomic E-state index is 0.617. The normalized spacial score (nSPS) is 15.6. The molecule has 1 aliphatic rings. The third kappa shape index (κ3) is 1.54. The Kier molecular flexibility index (Phi) is 2.08. The van der Waals surface area contributed by atoms with Crippen molar-refractivity contribution in [3.63, 3.8) is 0 Å². The molecular weight excluding hydrogens is 220 g/mol. The molecule has 1 aromatic heterocycles. The number of aromatic nitrogens is 1. The van der Waals surface area contributed by atoms with E-state index < -0.39 is 0 Å². The molecule has 3 rings (SSSR count). The first-order valence-corrected chi connectivity index (χ1v) is 5.89. The van der Waals surface area contributed by atoms with E-state index in [9.17, 15) is 0 Å². The smallest absolute Gasteiger partial charge is 0.0741 e. The van der Waals surface area contributed by atoms with E-state index in [1.807, 2.05) is 25.1 Å². The van der Waals surface area contributed by atoms with Crippen molar-refractivity contribution in [3.8, 4) is 0 Å². The van der Waals surface area contributed by atoms with E-state index in [0.717, 1.165) is 32.9 Å². The van der Waals surface area contributed by atoms with Gasteiger partial charge >= 0.3 is 0 Å². The number of hydrogen-bond donors (Lipinski definition) is 1. The van der Waals surface area contributed by atoms with Crippen LogP contribution in [-0.4, -0.2) is 4.98 Å². The average molecular weight is 233 g/mol. The number of fused-ring (bicyclic) bond motifs is 1. The molecule has 0 spiro atoms. The number of pyridine rings is 1. The number of halogens is 1. The Balaban J connectivity index is 2.28. The molecule has 1 aromatic carbocycles. The van der Waals surface area contributed by atoms with Gasteiger partial charge in [0.25, 0.3) is 0 Å². The lowest BCUT2D eigenvalue weighted by molar-refractivity contribution is 1.05. The third-order valence-electron chi connectivity index (χ3n) is 3.14. The molecule has 0 saturated heterocycles. The predicted octanol–water partition coefficient (Wildman–Crippen LogP) is 3.66. The molecule has 0 atom stereocenters. The fourth-order valence-electron chi connectivity index (χ4n) is 1.99. The molecule has 82 valence electrons. The van der Waals surface area contributed by atoms with Crippen LogP contribution in [0.1, 0.15) is 30.0 Å². The van der Waals surface area contributed by atoms with E-state index in [1.54, 1.807) is 0 Å². The Morgan fingerprint density at radius 2 is 2.06 bits per heavy atom. The number of hydrogen-bond acceptors (Lipinski definition) is 2. The summed E-state index contributed by atoms with van der Waals surface area (Å²) >= 11 is 6.11. The predicted molar refractivity (Wildman–Crippen MR) is 67.9 cm³/mol. The zero-order valence-electron chi connectivity index (χ0n) is 9.13. The van der Waals surface area contributed by atoms with Crippen LogP contribution in [0, 0.1) is 6.92 Å². The van der Waals surface area contributed by atoms with Gasteiger partial charge in [0.2, 0.25) is 0 Å². The molecule has 2 aromatic rings. The van der Waals surface area contributed by atoms with Gasteiger partial charge in [-0.05, 0) is 43.5 Å². The lowest BCUT2D eigenvalue weighted by Gasteiger charge is -2.07. The molecule has 1 fully saturated rings. The van der Waals surface area contributed by atoms with Gasteiger partial charge in [0.05, 0.1) is 5.52 Å². The van der Waals surface area contributed by atoms with E-state index in [-0.39, 0.29) is 0 Å². The van der Waals surface area contributed by atoms with Crippen molar-refractivity contribution in [1.29, 1.82) is 0 Å². The molecule has 16 heavy (non-hydrogen) atoms. The van der Waals surface area contributed by atoms with Gasteiger partial charge in [0, 0.05) is 27.7 Å². The Hall–Kier alpha value is -1.28. The quantitative estimate of drug-likeness (QED) is 0.815. The highest BCUT2D eigenvalue weighted by molar-refractivity contribution is 6.32. The molecule has 1 aliphatic carbocycles. The fourth-order valence-corrected chi connectivity index (χ4v) is 2.15. The molecule has 2 N–H and O–H groups in total. The maximum atomic E-state index is 6.11. The van der Waals surface area contributed by atoms with Gasteiger partial charge in [-0.1, -0.05) is 11.6 Å². The van der Waals surface area contributed by atoms with Crippen LogP contribution in [0.25, 0.3) is 10.9 Å². The molecule has 0 radical (unpaired) electrons. The SMILES string of the molecule is Cc1cc2c(N)cc(C3CC3)nc2cc1Cl. The molecule has 1 heterocycles. The number of nitrogens with two attached hydrogens (primary N) is 1. The summed E-state index contributed by atoms with van der Waals surface area (Å²) in [5.41, 5.74) is 9.94. The molecule has 0 bridgehead atoms. The van der Waals surface area contributed by atoms with Crippen LogP contribution in [-0.2, 0) is 0 Å². The first-order chi connectivity index (χ1) is 7.65. The second kappa shape index (κ2) is 3.36. The lowest BCUT2D eigenvalue weighted by Crippen LogP contribution is -1.95. The van der Waals surface area contributed by atoms with Crippen molar-refractivity contribution in [2.24, 2.45) is 0 Å². The average Bonchev–Trinajstić information content (AvgIpc) is 3.04. The van der Waals surface area contributed by atoms with E-state index >= 15 is 0 Å². The van der Waals surface area contributed by atoms with Crippen molar-refractivity contribution in [2.75, 3.05) is 5.73 Å². The molecule has 1 saturated carbocycles. The summed E-state index contributed by atoms with van der Waals surface area (Å²) in [4.78, 5) is 4.64. The molecule has 0 aliphatic heterocycles. The van der Waals surface area contributed by atoms with E-state index in [0.29, 0.717) is 5.92 Å². The third-order valence-corrected chi connectivity index (χ3v) is 3.54. The number of nitrogens with zero attached hydrogens (tertiary/aromatic N) is 1. The number of aryl methyl sites for hydroxylation is 1. The minimum absolute atomic E-state index is 0.617. The zero-order valence-corrected chi connectivity index (χ0v) is 9.88. The van der Waals surface area contributed by atoms with Crippen LogP contribution in [0.2, 0.25) is 5.02 Å². The molecule has 0 amide bonds. The number of rotatable bonds is 1. The van der Waals surface area contributed by atoms with Crippen LogP contribution in [0.5, 0.6) is 0 Å². The molecular formula is C13H13ClN2. The summed E-state index contributed by atoms with van der Waals surface area (Å²) in [7, 11) is 0. The second-order valence-electron chi connectivity index (χ2n) is 4.53. The van der Waals surface area contributed by atoms with Gasteiger partial charge in [-0.3, -0.25) is 4.98 Å². The van der Waals surface area contributed by atoms with Crippen molar-refractivity contribution in [3.05, 3.63) is 34.5 Å². The summed E-state index contributed by atoms with van der Waals surface area (Å²) < 4.78 is 0. The first-order valence-electron chi connectivity index (χ1n) is 5.51. The topological polar surface area (TPSA) is 38.9 Å². The van der Waals surface area contributed by atoms with Crippen LogP contribution in [0.4, 0.5) is 5.69 Å².